The Morgan fingerprint density at radius 3 is 2.60 bits per heavy atom. The van der Waals surface area contributed by atoms with Crippen LogP contribution in [-0.2, 0) is 23.0 Å². The lowest BCUT2D eigenvalue weighted by Crippen LogP contribution is -2.30. The lowest BCUT2D eigenvalue weighted by molar-refractivity contribution is -0.0429. The highest BCUT2D eigenvalue weighted by atomic mass is 79.9. The summed E-state index contributed by atoms with van der Waals surface area (Å²) in [4.78, 5) is 17.5. The number of hydrogen-bond acceptors (Lipinski definition) is 5. The molecule has 0 radical (unpaired) electrons. The summed E-state index contributed by atoms with van der Waals surface area (Å²) in [5.74, 6) is 0.613. The topological polar surface area (TPSA) is 106 Å². The van der Waals surface area contributed by atoms with Crippen LogP contribution in [0, 0.1) is 5.92 Å². The van der Waals surface area contributed by atoms with Gasteiger partial charge in [-0.2, -0.15) is 21.6 Å². The van der Waals surface area contributed by atoms with Crippen LogP contribution in [0.5, 0.6) is 0 Å². The number of para-hydroxylation sites is 1. The second-order valence-electron chi connectivity index (χ2n) is 9.41. The molecule has 8 nitrogen and oxygen atoms in total. The van der Waals surface area contributed by atoms with E-state index < -0.39 is 21.4 Å². The van der Waals surface area contributed by atoms with Crippen LogP contribution < -0.4 is 10.0 Å². The first-order valence-corrected chi connectivity index (χ1v) is 15.0. The highest BCUT2D eigenvalue weighted by molar-refractivity contribution is 9.10. The maximum absolute atomic E-state index is 13.3. The van der Waals surface area contributed by atoms with E-state index in [4.69, 9.17) is 16.0 Å². The summed E-state index contributed by atoms with van der Waals surface area (Å²) in [6.45, 7) is 2.22. The van der Waals surface area contributed by atoms with Gasteiger partial charge in [0.1, 0.15) is 11.5 Å². The molecule has 3 aliphatic rings. The molecule has 1 aromatic heterocycles. The van der Waals surface area contributed by atoms with Crippen LogP contribution in [0.25, 0.3) is 22.3 Å². The minimum atomic E-state index is -5.70. The zero-order chi connectivity index (χ0) is 28.8. The van der Waals surface area contributed by atoms with Gasteiger partial charge in [-0.15, -0.1) is 0 Å². The Morgan fingerprint density at radius 1 is 1.20 bits per heavy atom. The average Bonchev–Trinajstić information content (AvgIpc) is 3.59. The lowest BCUT2D eigenvalue weighted by atomic mass is 10.0. The Morgan fingerprint density at radius 2 is 1.93 bits per heavy atom. The fourth-order valence-electron chi connectivity index (χ4n) is 4.63. The number of amides is 1. The normalized spacial score (nSPS) is 14.1. The van der Waals surface area contributed by atoms with Gasteiger partial charge >= 0.3 is 15.5 Å². The van der Waals surface area contributed by atoms with Crippen molar-refractivity contribution >= 4 is 49.1 Å². The Labute approximate surface area is 241 Å². The Kier molecular flexibility index (Phi) is 7.66. The molecular formula is C26H23BrClF3N4O4S. The van der Waals surface area contributed by atoms with E-state index in [0.717, 1.165) is 12.8 Å². The second kappa shape index (κ2) is 10.7. The van der Waals surface area contributed by atoms with E-state index >= 15 is 0 Å². The molecule has 1 saturated carbocycles. The molecule has 0 saturated heterocycles. The summed E-state index contributed by atoms with van der Waals surface area (Å²) in [6.07, 6.45) is 5.60. The first kappa shape index (κ1) is 28.5. The third kappa shape index (κ3) is 5.34. The quantitative estimate of drug-likeness (QED) is 0.209. The summed E-state index contributed by atoms with van der Waals surface area (Å²) >= 11 is 10.0. The number of fused-ring (bicyclic) bond motifs is 1. The van der Waals surface area contributed by atoms with Gasteiger partial charge in [-0.3, -0.25) is 9.52 Å². The molecule has 1 fully saturated rings. The van der Waals surface area contributed by atoms with Gasteiger partial charge in [0.05, 0.1) is 24.8 Å². The molecule has 0 unspecified atom stereocenters. The number of benzene rings is 1. The van der Waals surface area contributed by atoms with Crippen molar-refractivity contribution in [1.29, 1.82) is 0 Å². The van der Waals surface area contributed by atoms with E-state index in [1.54, 1.807) is 28.3 Å². The number of nitrogens with one attached hydrogen (secondary N) is 2. The van der Waals surface area contributed by atoms with E-state index in [2.05, 4.69) is 26.2 Å². The number of rotatable bonds is 9. The second-order valence-corrected chi connectivity index (χ2v) is 12.2. The monoisotopic (exact) mass is 658 g/mol. The molecule has 0 spiro atoms. The van der Waals surface area contributed by atoms with Crippen molar-refractivity contribution in [1.82, 2.24) is 14.9 Å². The van der Waals surface area contributed by atoms with Crippen LogP contribution in [0.3, 0.4) is 0 Å². The van der Waals surface area contributed by atoms with E-state index in [1.165, 1.54) is 30.7 Å². The van der Waals surface area contributed by atoms with Crippen molar-refractivity contribution in [3.8, 4) is 22.3 Å². The Bertz CT molecular complexity index is 1660. The molecule has 2 heterocycles. The fraction of sp³-hybridized carbons (Fsp3) is 0.308. The number of carbonyl (C=O) groups excluding carboxylic acids is 1. The number of alkyl halides is 3. The van der Waals surface area contributed by atoms with Crippen molar-refractivity contribution in [2.24, 2.45) is 5.92 Å². The molecule has 14 heteroatoms. The number of aromatic nitrogens is 2. The van der Waals surface area contributed by atoms with Crippen molar-refractivity contribution in [2.75, 3.05) is 11.3 Å². The highest BCUT2D eigenvalue weighted by Gasteiger charge is 2.46. The van der Waals surface area contributed by atoms with Gasteiger partial charge in [0.25, 0.3) is 5.91 Å². The van der Waals surface area contributed by atoms with Gasteiger partial charge in [0, 0.05) is 34.1 Å². The molecule has 40 heavy (non-hydrogen) atoms. The van der Waals surface area contributed by atoms with Gasteiger partial charge in [0.2, 0.25) is 0 Å². The van der Waals surface area contributed by atoms with Crippen LogP contribution in [-0.4, -0.2) is 35.9 Å². The minimum Gasteiger partial charge on any atom is -0.472 e. The van der Waals surface area contributed by atoms with E-state index in [1.807, 2.05) is 0 Å². The van der Waals surface area contributed by atoms with Gasteiger partial charge in [-0.25, -0.2) is 4.98 Å². The predicted octanol–water partition coefficient (Wildman–Crippen LogP) is 6.68. The predicted molar refractivity (Wildman–Crippen MR) is 148 cm³/mol. The zero-order valence-corrected chi connectivity index (χ0v) is 24.1. The Hall–Kier alpha value is -3.03. The maximum atomic E-state index is 13.3. The molecule has 0 atom stereocenters. The number of anilines is 1. The summed E-state index contributed by atoms with van der Waals surface area (Å²) in [6, 6.07) is 7.49. The molecule has 1 aromatic carbocycles. The summed E-state index contributed by atoms with van der Waals surface area (Å²) in [7, 11) is -5.70. The van der Waals surface area contributed by atoms with Crippen LogP contribution >= 0.6 is 27.5 Å². The third-order valence-corrected chi connectivity index (χ3v) is 8.84. The molecule has 2 aliphatic carbocycles. The van der Waals surface area contributed by atoms with Crippen molar-refractivity contribution in [3.63, 3.8) is 0 Å². The molecule has 0 bridgehead atoms. The van der Waals surface area contributed by atoms with Crippen molar-refractivity contribution in [3.05, 3.63) is 69.6 Å². The molecule has 2 aromatic rings. The number of imidazole rings is 1. The first-order chi connectivity index (χ1) is 18.9. The summed E-state index contributed by atoms with van der Waals surface area (Å²) < 4.78 is 73.2. The molecule has 2 N–H and O–H groups in total. The lowest BCUT2D eigenvalue weighted by Gasteiger charge is -2.17. The van der Waals surface area contributed by atoms with Crippen LogP contribution in [0.4, 0.5) is 18.9 Å². The minimum absolute atomic E-state index is 0.0476. The van der Waals surface area contributed by atoms with Crippen LogP contribution in [0.15, 0.2) is 51.7 Å². The molecule has 1 aliphatic heterocycles. The molecule has 1 amide bonds. The smallest absolute Gasteiger partial charge is 0.472 e. The van der Waals surface area contributed by atoms with Gasteiger partial charge in [0.15, 0.2) is 5.15 Å². The summed E-state index contributed by atoms with van der Waals surface area (Å²) in [5.41, 5.74) is -3.08. The molecule has 212 valence electrons. The fourth-order valence-corrected chi connectivity index (χ4v) is 6.26. The van der Waals surface area contributed by atoms with E-state index in [0.29, 0.717) is 51.4 Å². The third-order valence-electron chi connectivity index (χ3n) is 6.66. The van der Waals surface area contributed by atoms with Gasteiger partial charge in [-0.05, 0) is 64.9 Å². The SMILES string of the molecule is CCNC(=O)c1c(Cl)nc(CC2CC2)n1Cc1c2ccocc-2c(Br)c1-c1ccccc1NS(=O)(=O)C(F)(F)F. The number of hydrogen-bond donors (Lipinski definition) is 2. The van der Waals surface area contributed by atoms with Gasteiger partial charge < -0.3 is 14.3 Å². The number of sulfonamides is 1. The van der Waals surface area contributed by atoms with Crippen LogP contribution in [0.2, 0.25) is 5.15 Å². The largest absolute Gasteiger partial charge is 0.516 e. The number of nitrogens with zero attached hydrogens (tertiary/aromatic N) is 2. The van der Waals surface area contributed by atoms with E-state index in [-0.39, 0.29) is 28.6 Å². The van der Waals surface area contributed by atoms with E-state index in [9.17, 15) is 26.4 Å². The highest BCUT2D eigenvalue weighted by Crippen LogP contribution is 2.49. The maximum Gasteiger partial charge on any atom is 0.516 e. The average molecular weight is 660 g/mol. The van der Waals surface area contributed by atoms with Gasteiger partial charge in [-0.1, -0.05) is 29.8 Å². The van der Waals surface area contributed by atoms with Crippen LogP contribution in [0.1, 0.15) is 41.6 Å². The van der Waals surface area contributed by atoms with Crippen molar-refractivity contribution in [2.45, 2.75) is 38.2 Å². The Balaban J connectivity index is 1.71. The first-order valence-electron chi connectivity index (χ1n) is 12.3. The number of carbonyl (C=O) groups is 1. The molecule has 5 rings (SSSR count). The zero-order valence-electron chi connectivity index (χ0n) is 21.0. The summed E-state index contributed by atoms with van der Waals surface area (Å²) in [5, 5.41) is 2.80. The molecular weight excluding hydrogens is 637 g/mol. The van der Waals surface area contributed by atoms with Crippen molar-refractivity contribution < 1.29 is 30.8 Å². The number of halogens is 5. The standard InChI is InChI=1S/C26H23BrClF3N4O4S/c1-2-32-25(36)23-24(28)33-20(11-14-7-8-14)35(23)12-17-15-9-10-39-13-18(15)22(27)21(17)16-5-3-4-6-19(16)34-40(37,38)26(29,30)31/h3-6,9-10,13-14,34H,2,7-8,11-12H2,1H3,(H,32,36).